The lowest BCUT2D eigenvalue weighted by Gasteiger charge is -2.33. The average molecular weight is 591 g/mol. The van der Waals surface area contributed by atoms with Gasteiger partial charge in [0.15, 0.2) is 6.10 Å². The van der Waals surface area contributed by atoms with E-state index in [1.165, 1.54) is 0 Å². The second-order valence-corrected chi connectivity index (χ2v) is 12.2. The second kappa shape index (κ2) is 17.7. The maximum atomic E-state index is 13.5. The Labute approximate surface area is 250 Å². The summed E-state index contributed by atoms with van der Waals surface area (Å²) >= 11 is 0. The molecule has 11 heteroatoms. The molecule has 1 aliphatic heterocycles. The molecule has 11 nitrogen and oxygen atoms in total. The number of carbonyl (C=O) groups excluding carboxylic acids is 4. The molecule has 0 spiro atoms. The lowest BCUT2D eigenvalue weighted by Crippen LogP contribution is -2.59. The van der Waals surface area contributed by atoms with Crippen LogP contribution in [0.15, 0.2) is 30.3 Å². The SMILES string of the molecule is CC(C)C[C@H](NC(=O)OCc1ccccc1)C(=O)N[C@@H](CC(C)C)C(=O)N[C@@H](CC(C)C)C(O)C(=O)N1CCOCC1. The molecule has 0 saturated carbocycles. The van der Waals surface area contributed by atoms with E-state index in [2.05, 4.69) is 16.0 Å². The van der Waals surface area contributed by atoms with E-state index in [0.717, 1.165) is 5.56 Å². The van der Waals surface area contributed by atoms with Gasteiger partial charge in [-0.25, -0.2) is 4.79 Å². The van der Waals surface area contributed by atoms with Crippen LogP contribution in [-0.4, -0.2) is 84.4 Å². The van der Waals surface area contributed by atoms with Gasteiger partial charge in [-0.15, -0.1) is 0 Å². The Kier molecular flexibility index (Phi) is 14.8. The summed E-state index contributed by atoms with van der Waals surface area (Å²) in [4.78, 5) is 54.1. The predicted octanol–water partition coefficient (Wildman–Crippen LogP) is 2.61. The van der Waals surface area contributed by atoms with Gasteiger partial charge in [-0.05, 0) is 42.6 Å². The maximum Gasteiger partial charge on any atom is 0.408 e. The number of nitrogens with zero attached hydrogens (tertiary/aromatic N) is 1. The highest BCUT2D eigenvalue weighted by Gasteiger charge is 2.35. The van der Waals surface area contributed by atoms with Gasteiger partial charge in [0, 0.05) is 13.1 Å². The van der Waals surface area contributed by atoms with Crippen molar-refractivity contribution in [3.63, 3.8) is 0 Å². The van der Waals surface area contributed by atoms with E-state index in [4.69, 9.17) is 9.47 Å². The molecule has 1 aliphatic rings. The van der Waals surface area contributed by atoms with Crippen molar-refractivity contribution in [1.82, 2.24) is 20.9 Å². The minimum Gasteiger partial charge on any atom is -0.445 e. The molecule has 236 valence electrons. The Balaban J connectivity index is 2.12. The molecule has 0 bridgehead atoms. The Morgan fingerprint density at radius 3 is 1.88 bits per heavy atom. The number of carbonyl (C=O) groups is 4. The maximum absolute atomic E-state index is 13.5. The molecule has 2 rings (SSSR count). The standard InChI is InChI=1S/C31H50N4O7/c1-20(2)16-24(27(36)30(39)35-12-14-41-15-13-35)32-28(37)25(17-21(3)4)33-29(38)26(18-22(5)6)34-31(40)42-19-23-10-8-7-9-11-23/h7-11,20-22,24-27,36H,12-19H2,1-6H3,(H,32,37)(H,33,38)(H,34,40)/t24-,25-,26-,27?/m0/s1. The predicted molar refractivity (Wildman–Crippen MR) is 159 cm³/mol. The first-order valence-corrected chi connectivity index (χ1v) is 15.0. The van der Waals surface area contributed by atoms with Gasteiger partial charge in [0.05, 0.1) is 19.3 Å². The van der Waals surface area contributed by atoms with E-state index in [1.54, 1.807) is 4.90 Å². The molecule has 1 unspecified atom stereocenters. The Morgan fingerprint density at radius 2 is 1.33 bits per heavy atom. The van der Waals surface area contributed by atoms with Crippen LogP contribution in [-0.2, 0) is 30.5 Å². The highest BCUT2D eigenvalue weighted by atomic mass is 16.5. The minimum absolute atomic E-state index is 0.0526. The van der Waals surface area contributed by atoms with Crippen LogP contribution >= 0.6 is 0 Å². The van der Waals surface area contributed by atoms with E-state index in [0.29, 0.717) is 45.6 Å². The van der Waals surface area contributed by atoms with E-state index in [-0.39, 0.29) is 24.4 Å². The van der Waals surface area contributed by atoms with Crippen LogP contribution in [0.1, 0.15) is 66.4 Å². The Bertz CT molecular complexity index is 996. The minimum atomic E-state index is -1.43. The number of hydrogen-bond donors (Lipinski definition) is 4. The molecule has 1 saturated heterocycles. The zero-order chi connectivity index (χ0) is 31.2. The van der Waals surface area contributed by atoms with Crippen LogP contribution in [0.4, 0.5) is 4.79 Å². The third-order valence-corrected chi connectivity index (χ3v) is 6.88. The zero-order valence-electron chi connectivity index (χ0n) is 25.9. The van der Waals surface area contributed by atoms with Crippen molar-refractivity contribution < 1.29 is 33.8 Å². The van der Waals surface area contributed by atoms with Crippen molar-refractivity contribution in [3.8, 4) is 0 Å². The van der Waals surface area contributed by atoms with Crippen molar-refractivity contribution in [2.24, 2.45) is 17.8 Å². The average Bonchev–Trinajstić information content (AvgIpc) is 2.94. The fourth-order valence-electron chi connectivity index (χ4n) is 4.79. The summed E-state index contributed by atoms with van der Waals surface area (Å²) in [7, 11) is 0. The number of aliphatic hydroxyl groups is 1. The third-order valence-electron chi connectivity index (χ3n) is 6.88. The molecule has 1 fully saturated rings. The first-order valence-electron chi connectivity index (χ1n) is 15.0. The molecule has 0 radical (unpaired) electrons. The summed E-state index contributed by atoms with van der Waals surface area (Å²) in [6, 6.07) is 6.52. The third kappa shape index (κ3) is 12.4. The summed E-state index contributed by atoms with van der Waals surface area (Å²) < 4.78 is 10.6. The number of benzene rings is 1. The number of ether oxygens (including phenoxy) is 2. The van der Waals surface area contributed by atoms with Gasteiger partial charge in [0.25, 0.3) is 5.91 Å². The van der Waals surface area contributed by atoms with Crippen molar-refractivity contribution >= 4 is 23.8 Å². The molecule has 42 heavy (non-hydrogen) atoms. The number of hydrogen-bond acceptors (Lipinski definition) is 7. The number of morpholine rings is 1. The Hall–Kier alpha value is -3.18. The van der Waals surface area contributed by atoms with E-state index in [9.17, 15) is 24.3 Å². The van der Waals surface area contributed by atoms with Crippen molar-refractivity contribution in [3.05, 3.63) is 35.9 Å². The fourth-order valence-corrected chi connectivity index (χ4v) is 4.79. The summed E-state index contributed by atoms with van der Waals surface area (Å²) in [5, 5.41) is 19.3. The first kappa shape index (κ1) is 35.0. The summed E-state index contributed by atoms with van der Waals surface area (Å²) in [5.41, 5.74) is 0.816. The van der Waals surface area contributed by atoms with Crippen LogP contribution in [0.2, 0.25) is 0 Å². The monoisotopic (exact) mass is 590 g/mol. The van der Waals surface area contributed by atoms with Crippen LogP contribution < -0.4 is 16.0 Å². The molecule has 4 N–H and O–H groups in total. The van der Waals surface area contributed by atoms with E-state index in [1.807, 2.05) is 71.9 Å². The number of aliphatic hydroxyl groups excluding tert-OH is 1. The van der Waals surface area contributed by atoms with Crippen LogP contribution in [0.3, 0.4) is 0 Å². The molecule has 0 aromatic heterocycles. The number of nitrogens with one attached hydrogen (secondary N) is 3. The van der Waals surface area contributed by atoms with Crippen LogP contribution in [0.25, 0.3) is 0 Å². The smallest absolute Gasteiger partial charge is 0.408 e. The highest BCUT2D eigenvalue weighted by Crippen LogP contribution is 2.15. The summed E-state index contributed by atoms with van der Waals surface area (Å²) in [6.07, 6.45) is -1.13. The highest BCUT2D eigenvalue weighted by molar-refractivity contribution is 5.92. The topological polar surface area (TPSA) is 146 Å². The van der Waals surface area contributed by atoms with Gasteiger partial charge in [0.2, 0.25) is 11.8 Å². The van der Waals surface area contributed by atoms with Gasteiger partial charge in [-0.3, -0.25) is 14.4 Å². The van der Waals surface area contributed by atoms with Crippen LogP contribution in [0.5, 0.6) is 0 Å². The molecule has 0 aliphatic carbocycles. The van der Waals surface area contributed by atoms with Crippen molar-refractivity contribution in [1.29, 1.82) is 0 Å². The summed E-state index contributed by atoms with van der Waals surface area (Å²) in [6.45, 7) is 13.2. The second-order valence-electron chi connectivity index (χ2n) is 12.2. The summed E-state index contributed by atoms with van der Waals surface area (Å²) in [5.74, 6) is -1.25. The molecule has 4 amide bonds. The molecule has 1 aromatic rings. The number of amides is 4. The number of alkyl carbamates (subject to hydrolysis) is 1. The van der Waals surface area contributed by atoms with Gasteiger partial charge in [0.1, 0.15) is 18.7 Å². The van der Waals surface area contributed by atoms with E-state index < -0.39 is 48.0 Å². The fraction of sp³-hybridized carbons (Fsp3) is 0.677. The zero-order valence-corrected chi connectivity index (χ0v) is 25.9. The first-order chi connectivity index (χ1) is 19.9. The van der Waals surface area contributed by atoms with Crippen LogP contribution in [0, 0.1) is 17.8 Å². The molecule has 4 atom stereocenters. The molecule has 1 aromatic carbocycles. The van der Waals surface area contributed by atoms with Gasteiger partial charge in [-0.2, -0.15) is 0 Å². The van der Waals surface area contributed by atoms with Gasteiger partial charge in [-0.1, -0.05) is 71.9 Å². The lowest BCUT2D eigenvalue weighted by atomic mass is 9.96. The Morgan fingerprint density at radius 1 is 0.810 bits per heavy atom. The molecular formula is C31H50N4O7. The number of rotatable bonds is 15. The van der Waals surface area contributed by atoms with Gasteiger partial charge < -0.3 is 35.4 Å². The molecular weight excluding hydrogens is 540 g/mol. The van der Waals surface area contributed by atoms with E-state index >= 15 is 0 Å². The largest absolute Gasteiger partial charge is 0.445 e. The van der Waals surface area contributed by atoms with Crippen molar-refractivity contribution in [2.45, 2.75) is 91.6 Å². The van der Waals surface area contributed by atoms with Crippen molar-refractivity contribution in [2.75, 3.05) is 26.3 Å². The normalized spacial score (nSPS) is 16.5. The quantitative estimate of drug-likeness (QED) is 0.246. The van der Waals surface area contributed by atoms with Gasteiger partial charge >= 0.3 is 6.09 Å². The molecule has 1 heterocycles. The lowest BCUT2D eigenvalue weighted by molar-refractivity contribution is -0.147.